The molecule has 1 aliphatic rings. The fourth-order valence-electron chi connectivity index (χ4n) is 2.15. The van der Waals surface area contributed by atoms with E-state index in [9.17, 15) is 19.1 Å². The normalized spacial score (nSPS) is 21.9. The summed E-state index contributed by atoms with van der Waals surface area (Å²) in [6.45, 7) is 0. The van der Waals surface area contributed by atoms with Crippen molar-refractivity contribution in [2.75, 3.05) is 5.32 Å². The molecule has 1 aliphatic carbocycles. The molecule has 1 aromatic carbocycles. The zero-order valence-corrected chi connectivity index (χ0v) is 10.1. The number of hydrogen-bond donors (Lipinski definition) is 1. The highest BCUT2D eigenvalue weighted by atomic mass is 19.1. The van der Waals surface area contributed by atoms with Gasteiger partial charge in [-0.05, 0) is 25.0 Å². The quantitative estimate of drug-likeness (QED) is 0.829. The van der Waals surface area contributed by atoms with Gasteiger partial charge >= 0.3 is 0 Å². The zero-order valence-electron chi connectivity index (χ0n) is 10.1. The van der Waals surface area contributed by atoms with E-state index in [1.165, 1.54) is 18.2 Å². The number of aliphatic carboxylic acids is 1. The van der Waals surface area contributed by atoms with E-state index in [0.29, 0.717) is 6.42 Å². The Labute approximate surface area is 109 Å². The summed E-state index contributed by atoms with van der Waals surface area (Å²) in [5, 5.41) is 13.4. The maximum absolute atomic E-state index is 13.4. The minimum absolute atomic E-state index is 0.0548. The summed E-state index contributed by atoms with van der Waals surface area (Å²) in [4.78, 5) is 23.0. The molecule has 19 heavy (non-hydrogen) atoms. The Kier molecular flexibility index (Phi) is 3.94. The molecule has 5 heteroatoms. The third-order valence-electron chi connectivity index (χ3n) is 3.20. The fourth-order valence-corrected chi connectivity index (χ4v) is 2.15. The van der Waals surface area contributed by atoms with Crippen LogP contribution in [0.1, 0.15) is 12.8 Å². The number of carbonyl (C=O) groups excluding carboxylic acids is 2. The topological polar surface area (TPSA) is 69.2 Å². The van der Waals surface area contributed by atoms with Crippen LogP contribution in [-0.4, -0.2) is 11.9 Å². The number of nitrogens with one attached hydrogen (secondary N) is 1. The van der Waals surface area contributed by atoms with Gasteiger partial charge in [0.2, 0.25) is 5.91 Å². The van der Waals surface area contributed by atoms with Crippen LogP contribution in [0.3, 0.4) is 0 Å². The van der Waals surface area contributed by atoms with Gasteiger partial charge in [0.1, 0.15) is 5.82 Å². The summed E-state index contributed by atoms with van der Waals surface area (Å²) in [5.41, 5.74) is 0.0548. The summed E-state index contributed by atoms with van der Waals surface area (Å²) in [6, 6.07) is 5.76. The second-order valence-electron chi connectivity index (χ2n) is 4.44. The molecular formula is C14H13FNO3-. The monoisotopic (exact) mass is 262 g/mol. The van der Waals surface area contributed by atoms with Gasteiger partial charge in [-0.15, -0.1) is 0 Å². The minimum Gasteiger partial charge on any atom is -0.550 e. The van der Waals surface area contributed by atoms with Crippen molar-refractivity contribution >= 4 is 17.6 Å². The molecule has 0 saturated heterocycles. The number of anilines is 1. The van der Waals surface area contributed by atoms with Crippen LogP contribution in [0.4, 0.5) is 10.1 Å². The Balaban J connectivity index is 2.13. The van der Waals surface area contributed by atoms with Gasteiger partial charge in [0.15, 0.2) is 0 Å². The number of carboxylic acid groups (broad SMARTS) is 1. The van der Waals surface area contributed by atoms with Gasteiger partial charge in [-0.25, -0.2) is 4.39 Å². The lowest BCUT2D eigenvalue weighted by atomic mass is 9.82. The van der Waals surface area contributed by atoms with Crippen LogP contribution in [-0.2, 0) is 9.59 Å². The molecule has 0 heterocycles. The number of amides is 1. The van der Waals surface area contributed by atoms with Crippen molar-refractivity contribution in [2.45, 2.75) is 12.8 Å². The summed E-state index contributed by atoms with van der Waals surface area (Å²) in [6.07, 6.45) is 4.05. The molecular weight excluding hydrogens is 249 g/mol. The molecule has 0 fully saturated rings. The number of allylic oxidation sites excluding steroid dienone is 2. The minimum atomic E-state index is -1.25. The van der Waals surface area contributed by atoms with Gasteiger partial charge in [0, 0.05) is 11.9 Å². The lowest BCUT2D eigenvalue weighted by Crippen LogP contribution is -2.41. The molecule has 1 amide bonds. The van der Waals surface area contributed by atoms with Crippen molar-refractivity contribution in [1.29, 1.82) is 0 Å². The molecule has 2 rings (SSSR count). The second kappa shape index (κ2) is 5.65. The maximum atomic E-state index is 13.4. The molecule has 0 aromatic heterocycles. The molecule has 0 unspecified atom stereocenters. The van der Waals surface area contributed by atoms with Crippen LogP contribution >= 0.6 is 0 Å². The van der Waals surface area contributed by atoms with E-state index in [2.05, 4.69) is 5.32 Å². The Morgan fingerprint density at radius 3 is 2.42 bits per heavy atom. The van der Waals surface area contributed by atoms with Crippen molar-refractivity contribution in [1.82, 2.24) is 0 Å². The first kappa shape index (κ1) is 13.3. The number of halogens is 1. The smallest absolute Gasteiger partial charge is 0.228 e. The van der Waals surface area contributed by atoms with Gasteiger partial charge < -0.3 is 15.2 Å². The first-order chi connectivity index (χ1) is 9.09. The van der Waals surface area contributed by atoms with E-state index >= 15 is 0 Å². The summed E-state index contributed by atoms with van der Waals surface area (Å²) < 4.78 is 13.4. The number of hydrogen-bond acceptors (Lipinski definition) is 3. The lowest BCUT2D eigenvalue weighted by Gasteiger charge is -2.28. The van der Waals surface area contributed by atoms with E-state index in [1.807, 2.05) is 0 Å². The van der Waals surface area contributed by atoms with Gasteiger partial charge in [-0.2, -0.15) is 0 Å². The van der Waals surface area contributed by atoms with Crippen LogP contribution in [0, 0.1) is 17.7 Å². The fraction of sp³-hybridized carbons (Fsp3) is 0.286. The first-order valence-electron chi connectivity index (χ1n) is 6.01. The Morgan fingerprint density at radius 2 is 1.79 bits per heavy atom. The molecule has 100 valence electrons. The Hall–Kier alpha value is -2.17. The number of carbonyl (C=O) groups is 2. The van der Waals surface area contributed by atoms with Crippen LogP contribution in [0.25, 0.3) is 0 Å². The van der Waals surface area contributed by atoms with Crippen molar-refractivity contribution in [3.05, 3.63) is 42.2 Å². The van der Waals surface area contributed by atoms with Crippen molar-refractivity contribution in [3.8, 4) is 0 Å². The Morgan fingerprint density at radius 1 is 1.16 bits per heavy atom. The van der Waals surface area contributed by atoms with Crippen LogP contribution < -0.4 is 10.4 Å². The second-order valence-corrected chi connectivity index (χ2v) is 4.44. The highest BCUT2D eigenvalue weighted by Crippen LogP contribution is 2.27. The molecule has 1 N–H and O–H groups in total. The number of carboxylic acids is 1. The summed E-state index contributed by atoms with van der Waals surface area (Å²) >= 11 is 0. The molecule has 2 atom stereocenters. The van der Waals surface area contributed by atoms with E-state index in [-0.39, 0.29) is 12.1 Å². The number of rotatable bonds is 3. The third kappa shape index (κ3) is 2.99. The van der Waals surface area contributed by atoms with E-state index in [0.717, 1.165) is 0 Å². The molecule has 0 bridgehead atoms. The average Bonchev–Trinajstić information content (AvgIpc) is 2.41. The summed E-state index contributed by atoms with van der Waals surface area (Å²) in [5.74, 6) is -3.89. The molecule has 0 aliphatic heterocycles. The molecule has 4 nitrogen and oxygen atoms in total. The van der Waals surface area contributed by atoms with E-state index in [4.69, 9.17) is 0 Å². The first-order valence-corrected chi connectivity index (χ1v) is 6.01. The molecule has 0 saturated carbocycles. The van der Waals surface area contributed by atoms with Crippen LogP contribution in [0.15, 0.2) is 36.4 Å². The zero-order chi connectivity index (χ0) is 13.8. The van der Waals surface area contributed by atoms with Gasteiger partial charge in [0.05, 0.1) is 11.6 Å². The maximum Gasteiger partial charge on any atom is 0.228 e. The van der Waals surface area contributed by atoms with Crippen molar-refractivity contribution < 1.29 is 19.1 Å². The van der Waals surface area contributed by atoms with Crippen molar-refractivity contribution in [3.63, 3.8) is 0 Å². The van der Waals surface area contributed by atoms with Crippen molar-refractivity contribution in [2.24, 2.45) is 11.8 Å². The third-order valence-corrected chi connectivity index (χ3v) is 3.20. The van der Waals surface area contributed by atoms with Crippen LogP contribution in [0.5, 0.6) is 0 Å². The largest absolute Gasteiger partial charge is 0.550 e. The predicted octanol–water partition coefficient (Wildman–Crippen LogP) is 1.10. The number of benzene rings is 1. The highest BCUT2D eigenvalue weighted by molar-refractivity contribution is 5.95. The van der Waals surface area contributed by atoms with Crippen LogP contribution in [0.2, 0.25) is 0 Å². The number of para-hydroxylation sites is 1. The SMILES string of the molecule is O=C([O-])[C@H]1CC=CC[C@H]1C(=O)Nc1ccccc1F. The molecule has 1 aromatic rings. The summed E-state index contributed by atoms with van der Waals surface area (Å²) in [7, 11) is 0. The highest BCUT2D eigenvalue weighted by Gasteiger charge is 2.30. The molecule has 0 spiro atoms. The van der Waals surface area contributed by atoms with Gasteiger partial charge in [-0.1, -0.05) is 24.3 Å². The van der Waals surface area contributed by atoms with Gasteiger partial charge in [-0.3, -0.25) is 4.79 Å². The standard InChI is InChI=1S/C14H14FNO3/c15-11-7-3-4-8-12(11)16-13(17)9-5-1-2-6-10(9)14(18)19/h1-4,7-10H,5-6H2,(H,16,17)(H,18,19)/p-1/t9-,10+/m1/s1. The van der Waals surface area contributed by atoms with E-state index in [1.54, 1.807) is 18.2 Å². The average molecular weight is 262 g/mol. The van der Waals surface area contributed by atoms with Gasteiger partial charge in [0.25, 0.3) is 0 Å². The predicted molar refractivity (Wildman–Crippen MR) is 65.4 cm³/mol. The van der Waals surface area contributed by atoms with E-state index < -0.39 is 29.5 Å². The molecule has 0 radical (unpaired) electrons. The Bertz CT molecular complexity index is 527. The lowest BCUT2D eigenvalue weighted by molar-refractivity contribution is -0.313.